The van der Waals surface area contributed by atoms with Crippen molar-refractivity contribution in [2.24, 2.45) is 0 Å². The van der Waals surface area contributed by atoms with Gasteiger partial charge < -0.3 is 29.5 Å². The summed E-state index contributed by atoms with van der Waals surface area (Å²) in [5.41, 5.74) is 1.39. The summed E-state index contributed by atoms with van der Waals surface area (Å²) in [6.07, 6.45) is 0.680. The van der Waals surface area contributed by atoms with Crippen molar-refractivity contribution in [2.45, 2.75) is 102 Å². The number of rotatable bonds is 9. The van der Waals surface area contributed by atoms with Gasteiger partial charge in [0.05, 0.1) is 6.33 Å². The Kier molecular flexibility index (Phi) is 10.8. The fraction of sp³-hybridized carbons (Fsp3) is 0.581. The van der Waals surface area contributed by atoms with Gasteiger partial charge in [-0.05, 0) is 60.5 Å². The number of urea groups is 2. The number of nitrogens with zero attached hydrogens (tertiary/aromatic N) is 4. The van der Waals surface area contributed by atoms with E-state index >= 15 is 0 Å². The number of fused-ring (bicyclic) bond motifs is 1. The molecule has 0 bridgehead atoms. The van der Waals surface area contributed by atoms with Gasteiger partial charge in [0, 0.05) is 24.3 Å². The van der Waals surface area contributed by atoms with Crippen molar-refractivity contribution in [3.8, 4) is 0 Å². The topological polar surface area (TPSA) is 154 Å². The molecule has 0 spiro atoms. The molecule has 4 amide bonds. The average Bonchev–Trinajstić information content (AvgIpc) is 3.53. The predicted octanol–water partition coefficient (Wildman–Crippen LogP) is 6.73. The minimum absolute atomic E-state index is 0.0898. The van der Waals surface area contributed by atoms with Crippen LogP contribution in [0.2, 0.25) is 41.3 Å². The van der Waals surface area contributed by atoms with Crippen LogP contribution in [0.4, 0.5) is 21.1 Å². The third kappa shape index (κ3) is 8.32. The third-order valence-electron chi connectivity index (χ3n) is 9.42. The number of carbonyl (C=O) groups excluding carboxylic acids is 2. The molecule has 1 saturated heterocycles. The quantitative estimate of drug-likeness (QED) is 0.179. The van der Waals surface area contributed by atoms with E-state index in [0.29, 0.717) is 21.9 Å². The molecule has 16 heteroatoms. The van der Waals surface area contributed by atoms with Crippen molar-refractivity contribution in [3.63, 3.8) is 0 Å². The van der Waals surface area contributed by atoms with Crippen molar-refractivity contribution < 1.29 is 23.2 Å². The Labute approximate surface area is 284 Å². The summed E-state index contributed by atoms with van der Waals surface area (Å²) >= 11 is 5.97. The first-order chi connectivity index (χ1) is 21.7. The molecule has 3 aromatic rings. The number of ether oxygens (including phenoxy) is 1. The largest absolute Gasteiger partial charge is 0.408 e. The molecule has 0 aliphatic carbocycles. The smallest absolute Gasteiger partial charge is 0.324 e. The predicted molar refractivity (Wildman–Crippen MR) is 190 cm³/mol. The van der Waals surface area contributed by atoms with Gasteiger partial charge in [0.25, 0.3) is 0 Å². The maximum Gasteiger partial charge on any atom is 0.324 e. The van der Waals surface area contributed by atoms with E-state index in [1.54, 1.807) is 42.2 Å². The molecule has 2 aromatic heterocycles. The minimum atomic E-state index is -2.39. The van der Waals surface area contributed by atoms with Crippen LogP contribution in [0.5, 0.6) is 0 Å². The molecule has 4 N–H and O–H groups in total. The number of imidazole rings is 1. The highest BCUT2D eigenvalue weighted by Gasteiger charge is 2.54. The lowest BCUT2D eigenvalue weighted by Crippen LogP contribution is -2.54. The second-order valence-electron chi connectivity index (χ2n) is 14.8. The van der Waals surface area contributed by atoms with Crippen LogP contribution in [0.15, 0.2) is 36.9 Å². The molecule has 47 heavy (non-hydrogen) atoms. The van der Waals surface area contributed by atoms with Gasteiger partial charge in [0.1, 0.15) is 24.6 Å². The van der Waals surface area contributed by atoms with Crippen LogP contribution in [-0.4, -0.2) is 80.1 Å². The molecular formula is C31H49ClN8O5Si2. The first kappa shape index (κ1) is 36.7. The SMILES string of the molecule is CNC(=O)NC[C@H]1O[C@@H](n2cnc3c(NC(=O)Nc4ccc(Cl)cc4)ncnc32)[C@H](O[Si](C)(C)C(C)(C)C)[C@@H]1O[Si](C)(C)C(C)(C)C. The third-order valence-corrected chi connectivity index (χ3v) is 18.6. The first-order valence-electron chi connectivity index (χ1n) is 15.7. The second-order valence-corrected chi connectivity index (χ2v) is 24.8. The van der Waals surface area contributed by atoms with E-state index in [0.717, 1.165) is 0 Å². The van der Waals surface area contributed by atoms with Gasteiger partial charge in [0.15, 0.2) is 39.8 Å². The van der Waals surface area contributed by atoms with Crippen molar-refractivity contribution >= 4 is 63.0 Å². The van der Waals surface area contributed by atoms with Gasteiger partial charge in [-0.15, -0.1) is 0 Å². The zero-order valence-corrected chi connectivity index (χ0v) is 31.9. The fourth-order valence-electron chi connectivity index (χ4n) is 4.61. The molecule has 1 aliphatic rings. The lowest BCUT2D eigenvalue weighted by atomic mass is 10.1. The summed E-state index contributed by atoms with van der Waals surface area (Å²) in [7, 11) is -3.18. The Balaban J connectivity index is 1.74. The van der Waals surface area contributed by atoms with Crippen molar-refractivity contribution in [1.82, 2.24) is 30.2 Å². The molecule has 3 heterocycles. The summed E-state index contributed by atoms with van der Waals surface area (Å²) in [5.74, 6) is 0.229. The zero-order chi connectivity index (χ0) is 34.9. The Hall–Kier alpha value is -3.09. The maximum absolute atomic E-state index is 12.9. The van der Waals surface area contributed by atoms with Gasteiger partial charge in [-0.25, -0.2) is 24.5 Å². The van der Waals surface area contributed by atoms with Gasteiger partial charge in [-0.1, -0.05) is 53.1 Å². The Morgan fingerprint density at radius 3 is 2.06 bits per heavy atom. The first-order valence-corrected chi connectivity index (χ1v) is 21.9. The molecule has 258 valence electrons. The number of carbonyl (C=O) groups is 2. The Morgan fingerprint density at radius 2 is 1.49 bits per heavy atom. The number of halogens is 1. The van der Waals surface area contributed by atoms with Crippen LogP contribution in [0.1, 0.15) is 47.8 Å². The van der Waals surface area contributed by atoms with Crippen LogP contribution in [0, 0.1) is 0 Å². The Morgan fingerprint density at radius 1 is 0.894 bits per heavy atom. The van der Waals surface area contributed by atoms with Crippen molar-refractivity contribution in [1.29, 1.82) is 0 Å². The number of hydrogen-bond acceptors (Lipinski definition) is 8. The van der Waals surface area contributed by atoms with E-state index < -0.39 is 47.2 Å². The molecule has 1 aliphatic heterocycles. The molecule has 0 unspecified atom stereocenters. The van der Waals surface area contributed by atoms with E-state index in [1.165, 1.54) is 6.33 Å². The number of benzene rings is 1. The molecule has 4 atom stereocenters. The number of aromatic nitrogens is 4. The van der Waals surface area contributed by atoms with Gasteiger partial charge in [-0.2, -0.15) is 0 Å². The lowest BCUT2D eigenvalue weighted by Gasteiger charge is -2.44. The highest BCUT2D eigenvalue weighted by molar-refractivity contribution is 6.74. The van der Waals surface area contributed by atoms with E-state index in [-0.39, 0.29) is 28.5 Å². The number of nitrogens with one attached hydrogen (secondary N) is 4. The average molecular weight is 705 g/mol. The summed E-state index contributed by atoms with van der Waals surface area (Å²) in [6.45, 7) is 22.1. The van der Waals surface area contributed by atoms with Crippen molar-refractivity contribution in [3.05, 3.63) is 41.9 Å². The zero-order valence-electron chi connectivity index (χ0n) is 29.2. The summed E-state index contributed by atoms with van der Waals surface area (Å²) < 4.78 is 22.8. The summed E-state index contributed by atoms with van der Waals surface area (Å²) in [5, 5.41) is 11.4. The highest BCUT2D eigenvalue weighted by Crippen LogP contribution is 2.46. The van der Waals surface area contributed by atoms with Crippen LogP contribution in [0.25, 0.3) is 11.2 Å². The molecule has 0 saturated carbocycles. The molecule has 1 aromatic carbocycles. The van der Waals surface area contributed by atoms with E-state index in [1.807, 2.05) is 0 Å². The highest BCUT2D eigenvalue weighted by atomic mass is 35.5. The van der Waals surface area contributed by atoms with Gasteiger partial charge in [-0.3, -0.25) is 9.88 Å². The molecular weight excluding hydrogens is 656 g/mol. The normalized spacial score (nSPS) is 20.7. The molecule has 0 radical (unpaired) electrons. The molecule has 4 rings (SSSR count). The Bertz CT molecular complexity index is 1570. The maximum atomic E-state index is 12.9. The summed E-state index contributed by atoms with van der Waals surface area (Å²) in [6, 6.07) is 5.95. The monoisotopic (exact) mass is 704 g/mol. The van der Waals surface area contributed by atoms with E-state index in [9.17, 15) is 9.59 Å². The molecule has 13 nitrogen and oxygen atoms in total. The van der Waals surface area contributed by atoms with Crippen LogP contribution in [-0.2, 0) is 13.6 Å². The standard InChI is InChI=1S/C31H49ClN8O5Si2/c1-30(2,3)46(8,9)44-23-21(16-34-28(41)33-7)43-27(24(23)45-47(10,11)31(4,5)6)40-18-37-22-25(35-17-36-26(22)40)39-29(42)38-20-14-12-19(32)13-15-20/h12-15,17-18,21,23-24,27H,16H2,1-11H3,(H2,33,34,41)(H2,35,36,38,39,42)/t21-,23-,24-,27-/m1/s1. The fourth-order valence-corrected chi connectivity index (χ4v) is 7.34. The van der Waals surface area contributed by atoms with Crippen LogP contribution >= 0.6 is 11.6 Å². The number of amides is 4. The molecule has 1 fully saturated rings. The minimum Gasteiger partial charge on any atom is -0.408 e. The van der Waals surface area contributed by atoms with Gasteiger partial charge in [0.2, 0.25) is 0 Å². The van der Waals surface area contributed by atoms with Crippen LogP contribution < -0.4 is 21.3 Å². The summed E-state index contributed by atoms with van der Waals surface area (Å²) in [4.78, 5) is 38.6. The second kappa shape index (κ2) is 13.8. The van der Waals surface area contributed by atoms with Gasteiger partial charge >= 0.3 is 12.1 Å². The number of hydrogen-bond donors (Lipinski definition) is 4. The van der Waals surface area contributed by atoms with Crippen LogP contribution in [0.3, 0.4) is 0 Å². The number of anilines is 2. The van der Waals surface area contributed by atoms with Crippen molar-refractivity contribution in [2.75, 3.05) is 24.2 Å². The van der Waals surface area contributed by atoms with E-state index in [2.05, 4.69) is 104 Å². The lowest BCUT2D eigenvalue weighted by molar-refractivity contribution is -0.0301. The van der Waals surface area contributed by atoms with E-state index in [4.69, 9.17) is 25.2 Å².